The van der Waals surface area contributed by atoms with E-state index in [-0.39, 0.29) is 49.1 Å². The van der Waals surface area contributed by atoms with Gasteiger partial charge in [-0.1, -0.05) is 11.3 Å². The Morgan fingerprint density at radius 3 is 2.20 bits per heavy atom. The number of rotatable bonds is 14. The molecule has 12 nitrogen and oxygen atoms in total. The number of hydrogen-bond donors (Lipinski definition) is 0. The number of hydrogen-bond acceptors (Lipinski definition) is 11. The van der Waals surface area contributed by atoms with Crippen molar-refractivity contribution < 1.29 is 27.4 Å². The lowest BCUT2D eigenvalue weighted by Crippen LogP contribution is -2.39. The second-order valence-corrected chi connectivity index (χ2v) is 12.6. The molecule has 2 heterocycles. The van der Waals surface area contributed by atoms with Crippen molar-refractivity contribution >= 4 is 55.0 Å². The van der Waals surface area contributed by atoms with E-state index in [0.717, 1.165) is 28.6 Å². The summed E-state index contributed by atoms with van der Waals surface area (Å²) in [5.74, 6) is 0.854. The maximum atomic E-state index is 14.0. The minimum absolute atomic E-state index is 0. The molecule has 0 atom stereocenters. The Bertz CT molecular complexity index is 1540. The number of halogens is 1. The minimum Gasteiger partial charge on any atom is -0.495 e. The summed E-state index contributed by atoms with van der Waals surface area (Å²) in [6.07, 6.45) is 0.686. The van der Waals surface area contributed by atoms with Gasteiger partial charge in [-0.15, -0.1) is 12.4 Å². The SMILES string of the molecule is COc1ccc(OC)c2sc(N(CCCN3CCOCC3)C(=O)c3ccc(S(=O)(=O)N(CCC#N)CCC#N)cc3)nc12.Cl. The molecule has 1 fully saturated rings. The Kier molecular flexibility index (Phi) is 13.1. The van der Waals surface area contributed by atoms with Gasteiger partial charge in [-0.2, -0.15) is 14.8 Å². The monoisotopic (exact) mass is 662 g/mol. The molecule has 44 heavy (non-hydrogen) atoms. The third-order valence-electron chi connectivity index (χ3n) is 7.02. The molecule has 1 saturated heterocycles. The largest absolute Gasteiger partial charge is 0.495 e. The van der Waals surface area contributed by atoms with Gasteiger partial charge in [0.1, 0.15) is 21.7 Å². The summed E-state index contributed by atoms with van der Waals surface area (Å²) in [5.41, 5.74) is 0.883. The van der Waals surface area contributed by atoms with Gasteiger partial charge in [0.2, 0.25) is 10.0 Å². The zero-order chi connectivity index (χ0) is 30.8. The zero-order valence-corrected chi connectivity index (χ0v) is 27.0. The van der Waals surface area contributed by atoms with E-state index in [9.17, 15) is 13.2 Å². The summed E-state index contributed by atoms with van der Waals surface area (Å²) in [5, 5.41) is 18.4. The lowest BCUT2D eigenvalue weighted by Gasteiger charge is -2.27. The number of fused-ring (bicyclic) bond motifs is 1. The first kappa shape index (κ1) is 35.0. The fourth-order valence-electron chi connectivity index (χ4n) is 4.73. The lowest BCUT2D eigenvalue weighted by molar-refractivity contribution is 0.0376. The van der Waals surface area contributed by atoms with E-state index < -0.39 is 10.0 Å². The van der Waals surface area contributed by atoms with Gasteiger partial charge in [0.15, 0.2) is 5.13 Å². The lowest BCUT2D eigenvalue weighted by atomic mass is 10.2. The molecule has 0 spiro atoms. The van der Waals surface area contributed by atoms with Crippen LogP contribution >= 0.6 is 23.7 Å². The molecular formula is C29H35ClN6O6S2. The number of carbonyl (C=O) groups excluding carboxylic acids is 1. The summed E-state index contributed by atoms with van der Waals surface area (Å²) >= 11 is 1.32. The van der Waals surface area contributed by atoms with Crippen LogP contribution in [0.25, 0.3) is 10.2 Å². The number of benzene rings is 2. The van der Waals surface area contributed by atoms with Crippen molar-refractivity contribution in [2.45, 2.75) is 24.2 Å². The van der Waals surface area contributed by atoms with Crippen LogP contribution in [0.4, 0.5) is 5.13 Å². The molecule has 4 rings (SSSR count). The van der Waals surface area contributed by atoms with Crippen molar-refractivity contribution in [1.82, 2.24) is 14.2 Å². The molecule has 3 aromatic rings. The van der Waals surface area contributed by atoms with Gasteiger partial charge in [0.25, 0.3) is 5.91 Å². The molecule has 0 unspecified atom stereocenters. The fraction of sp³-hybridized carbons (Fsp3) is 0.448. The summed E-state index contributed by atoms with van der Waals surface area (Å²) in [4.78, 5) is 22.6. The van der Waals surface area contributed by atoms with Crippen molar-refractivity contribution in [3.8, 4) is 23.6 Å². The molecule has 15 heteroatoms. The third-order valence-corrected chi connectivity index (χ3v) is 10.0. The Labute approximate surface area is 267 Å². The van der Waals surface area contributed by atoms with Gasteiger partial charge in [-0.3, -0.25) is 14.6 Å². The van der Waals surface area contributed by atoms with Crippen LogP contribution in [-0.4, -0.2) is 95.2 Å². The second-order valence-electron chi connectivity index (χ2n) is 9.65. The maximum Gasteiger partial charge on any atom is 0.260 e. The van der Waals surface area contributed by atoms with E-state index in [0.29, 0.717) is 53.9 Å². The van der Waals surface area contributed by atoms with Crippen LogP contribution in [-0.2, 0) is 14.8 Å². The first-order chi connectivity index (χ1) is 20.8. The summed E-state index contributed by atoms with van der Waals surface area (Å²) in [6.45, 7) is 4.14. The van der Waals surface area contributed by atoms with Crippen molar-refractivity contribution in [3.63, 3.8) is 0 Å². The summed E-state index contributed by atoms with van der Waals surface area (Å²) in [7, 11) is -0.836. The van der Waals surface area contributed by atoms with E-state index in [2.05, 4.69) is 4.90 Å². The van der Waals surface area contributed by atoms with Gasteiger partial charge >= 0.3 is 0 Å². The molecule has 1 aliphatic rings. The average Bonchev–Trinajstić information content (AvgIpc) is 3.48. The smallest absolute Gasteiger partial charge is 0.260 e. The van der Waals surface area contributed by atoms with Crippen molar-refractivity contribution in [2.75, 3.05) is 71.6 Å². The van der Waals surface area contributed by atoms with E-state index in [1.165, 1.54) is 35.6 Å². The van der Waals surface area contributed by atoms with Crippen LogP contribution < -0.4 is 14.4 Å². The van der Waals surface area contributed by atoms with E-state index in [1.807, 2.05) is 12.1 Å². The highest BCUT2D eigenvalue weighted by molar-refractivity contribution is 7.89. The number of sulfonamides is 1. The van der Waals surface area contributed by atoms with E-state index in [1.54, 1.807) is 31.3 Å². The van der Waals surface area contributed by atoms with Crippen molar-refractivity contribution in [1.29, 1.82) is 10.5 Å². The van der Waals surface area contributed by atoms with Crippen LogP contribution in [0.3, 0.4) is 0 Å². The normalized spacial score (nSPS) is 13.6. The number of nitriles is 2. The van der Waals surface area contributed by atoms with Crippen molar-refractivity contribution in [2.24, 2.45) is 0 Å². The van der Waals surface area contributed by atoms with Gasteiger partial charge < -0.3 is 14.2 Å². The highest BCUT2D eigenvalue weighted by Gasteiger charge is 2.27. The van der Waals surface area contributed by atoms with Gasteiger partial charge in [-0.25, -0.2) is 13.4 Å². The standard InChI is InChI=1S/C29H34N6O6S2.ClH/c1-39-24-10-11-25(40-2)27-26(24)32-29(42-27)35(17-5-14-33-18-20-41-21-19-33)28(36)22-6-8-23(9-7-22)43(37,38)34(15-3-12-30)16-4-13-31;/h6-11H,3-5,14-21H2,1-2H3;1H. The minimum atomic E-state index is -3.97. The number of carbonyl (C=O) groups is 1. The summed E-state index contributed by atoms with van der Waals surface area (Å²) in [6, 6.07) is 13.2. The zero-order valence-electron chi connectivity index (χ0n) is 24.6. The first-order valence-electron chi connectivity index (χ1n) is 13.8. The topological polar surface area (TPSA) is 149 Å². The molecule has 1 aromatic heterocycles. The quantitative estimate of drug-likeness (QED) is 0.249. The number of morpholine rings is 1. The van der Waals surface area contributed by atoms with Gasteiger partial charge in [-0.05, 0) is 42.8 Å². The number of aromatic nitrogens is 1. The number of methoxy groups -OCH3 is 2. The Morgan fingerprint density at radius 2 is 1.61 bits per heavy atom. The number of amides is 1. The fourth-order valence-corrected chi connectivity index (χ4v) is 7.27. The predicted octanol–water partition coefficient (Wildman–Crippen LogP) is 3.92. The highest BCUT2D eigenvalue weighted by Crippen LogP contribution is 2.40. The molecule has 1 amide bonds. The number of ether oxygens (including phenoxy) is 3. The van der Waals surface area contributed by atoms with Crippen molar-refractivity contribution in [3.05, 3.63) is 42.0 Å². The number of anilines is 1. The van der Waals surface area contributed by atoms with Crippen LogP contribution in [0.15, 0.2) is 41.3 Å². The van der Waals surface area contributed by atoms with Gasteiger partial charge in [0.05, 0.1) is 44.5 Å². The second kappa shape index (κ2) is 16.5. The third kappa shape index (κ3) is 8.15. The average molecular weight is 663 g/mol. The van der Waals surface area contributed by atoms with Crippen LogP contribution in [0, 0.1) is 22.7 Å². The first-order valence-corrected chi connectivity index (χ1v) is 16.1. The Balaban J connectivity index is 0.00000529. The maximum absolute atomic E-state index is 14.0. The highest BCUT2D eigenvalue weighted by atomic mass is 35.5. The number of nitrogens with zero attached hydrogens (tertiary/aromatic N) is 6. The Hall–Kier alpha value is -3.50. The molecule has 0 aliphatic carbocycles. The molecule has 2 aromatic carbocycles. The Morgan fingerprint density at radius 1 is 1.00 bits per heavy atom. The van der Waals surface area contributed by atoms with Crippen LogP contribution in [0.5, 0.6) is 11.5 Å². The molecular weight excluding hydrogens is 628 g/mol. The predicted molar refractivity (Wildman–Crippen MR) is 169 cm³/mol. The molecule has 0 radical (unpaired) electrons. The molecule has 1 aliphatic heterocycles. The van der Waals surface area contributed by atoms with E-state index in [4.69, 9.17) is 29.7 Å². The number of thiazole rings is 1. The van der Waals surface area contributed by atoms with Gasteiger partial charge in [0, 0.05) is 57.7 Å². The molecule has 0 N–H and O–H groups in total. The molecule has 0 bridgehead atoms. The molecule has 236 valence electrons. The molecule has 0 saturated carbocycles. The van der Waals surface area contributed by atoms with Crippen LogP contribution in [0.1, 0.15) is 29.6 Å². The summed E-state index contributed by atoms with van der Waals surface area (Å²) < 4.78 is 44.9. The van der Waals surface area contributed by atoms with Crippen LogP contribution in [0.2, 0.25) is 0 Å². The van der Waals surface area contributed by atoms with E-state index >= 15 is 0 Å².